The molecule has 3 unspecified atom stereocenters. The average molecular weight is 450 g/mol. The molecular weight excluding hydrogens is 417 g/mol. The van der Waals surface area contributed by atoms with E-state index in [4.69, 9.17) is 0 Å². The first kappa shape index (κ1) is 22.2. The molecule has 3 aliphatic rings. The first-order chi connectivity index (χ1) is 15.8. The Morgan fingerprint density at radius 1 is 1.21 bits per heavy atom. The van der Waals surface area contributed by atoms with Crippen molar-refractivity contribution < 1.29 is 14.0 Å². The highest BCUT2D eigenvalue weighted by atomic mass is 19.1. The number of aryl methyl sites for hydroxylation is 2. The number of nitrogens with one attached hydrogen (secondary N) is 1. The van der Waals surface area contributed by atoms with Crippen LogP contribution in [0.3, 0.4) is 0 Å². The van der Waals surface area contributed by atoms with Crippen LogP contribution >= 0.6 is 0 Å². The van der Waals surface area contributed by atoms with E-state index in [1.165, 1.54) is 5.56 Å². The monoisotopic (exact) mass is 449 g/mol. The van der Waals surface area contributed by atoms with Gasteiger partial charge in [0.15, 0.2) is 5.82 Å². The molecule has 33 heavy (non-hydrogen) atoms. The number of anilines is 1. The number of ketones is 1. The highest BCUT2D eigenvalue weighted by Crippen LogP contribution is 2.62. The van der Waals surface area contributed by atoms with Gasteiger partial charge in [-0.3, -0.25) is 9.59 Å². The van der Waals surface area contributed by atoms with E-state index in [9.17, 15) is 14.0 Å². The average Bonchev–Trinajstić information content (AvgIpc) is 3.05. The molecular formula is C27H32FN3O2. The van der Waals surface area contributed by atoms with Crippen molar-refractivity contribution in [3.63, 3.8) is 0 Å². The fourth-order valence-electron chi connectivity index (χ4n) is 7.07. The third-order valence-electron chi connectivity index (χ3n) is 8.58. The van der Waals surface area contributed by atoms with Crippen LogP contribution in [0.15, 0.2) is 30.3 Å². The van der Waals surface area contributed by atoms with E-state index in [1.807, 2.05) is 19.1 Å². The maximum Gasteiger partial charge on any atom is 0.225 e. The molecule has 0 bridgehead atoms. The number of fused-ring (bicyclic) bond motifs is 5. The Balaban J connectivity index is 1.26. The van der Waals surface area contributed by atoms with Crippen molar-refractivity contribution in [2.75, 3.05) is 5.32 Å². The quantitative estimate of drug-likeness (QED) is 0.665. The number of Topliss-reactive ketones (excluding diaryl/α,β-unsaturated/α-hetero) is 1. The summed E-state index contributed by atoms with van der Waals surface area (Å²) in [7, 11) is 0. The molecule has 3 aliphatic carbocycles. The topological polar surface area (TPSA) is 72.0 Å². The summed E-state index contributed by atoms with van der Waals surface area (Å²) in [5.74, 6) is 2.23. The van der Waals surface area contributed by atoms with Gasteiger partial charge in [0.2, 0.25) is 5.91 Å². The number of benzene rings is 1. The van der Waals surface area contributed by atoms with Crippen LogP contribution in [-0.2, 0) is 16.0 Å². The number of hydrogen-bond donors (Lipinski definition) is 1. The molecule has 0 saturated heterocycles. The van der Waals surface area contributed by atoms with Crippen molar-refractivity contribution in [1.29, 1.82) is 0 Å². The van der Waals surface area contributed by atoms with Crippen molar-refractivity contribution in [1.82, 2.24) is 10.2 Å². The largest absolute Gasteiger partial charge is 0.309 e. The Bertz CT molecular complexity index is 1070. The molecule has 1 N–H and O–H groups in total. The second kappa shape index (κ2) is 8.62. The summed E-state index contributed by atoms with van der Waals surface area (Å²) < 4.78 is 13.8. The van der Waals surface area contributed by atoms with E-state index in [-0.39, 0.29) is 17.1 Å². The van der Waals surface area contributed by atoms with Gasteiger partial charge in [0.25, 0.3) is 0 Å². The molecule has 2 fully saturated rings. The number of rotatable bonds is 5. The van der Waals surface area contributed by atoms with Gasteiger partial charge in [0.05, 0.1) is 5.69 Å². The van der Waals surface area contributed by atoms with Crippen LogP contribution in [0.2, 0.25) is 0 Å². The van der Waals surface area contributed by atoms with Gasteiger partial charge in [-0.2, -0.15) is 5.10 Å². The molecule has 2 saturated carbocycles. The summed E-state index contributed by atoms with van der Waals surface area (Å²) in [5, 5.41) is 10.8. The summed E-state index contributed by atoms with van der Waals surface area (Å²) in [5.41, 5.74) is 3.01. The molecule has 1 aromatic heterocycles. The van der Waals surface area contributed by atoms with Gasteiger partial charge in [-0.1, -0.05) is 13.0 Å². The Hall–Kier alpha value is -2.63. The van der Waals surface area contributed by atoms with Gasteiger partial charge in [0.1, 0.15) is 11.6 Å². The van der Waals surface area contributed by atoms with Gasteiger partial charge in [-0.25, -0.2) is 4.39 Å². The molecule has 5 rings (SSSR count). The van der Waals surface area contributed by atoms with Crippen molar-refractivity contribution >= 4 is 17.5 Å². The van der Waals surface area contributed by atoms with Crippen LogP contribution in [0.4, 0.5) is 10.2 Å². The van der Waals surface area contributed by atoms with Crippen LogP contribution in [0.5, 0.6) is 0 Å². The summed E-state index contributed by atoms with van der Waals surface area (Å²) in [4.78, 5) is 25.5. The van der Waals surface area contributed by atoms with Crippen molar-refractivity contribution in [2.45, 2.75) is 71.1 Å². The third-order valence-corrected chi connectivity index (χ3v) is 8.58. The van der Waals surface area contributed by atoms with Crippen LogP contribution in [0.1, 0.15) is 74.6 Å². The molecule has 2 aromatic rings. The highest BCUT2D eigenvalue weighted by molar-refractivity contribution is 5.89. The lowest BCUT2D eigenvalue weighted by atomic mass is 9.54. The van der Waals surface area contributed by atoms with E-state index in [0.29, 0.717) is 48.1 Å². The minimum atomic E-state index is -0.247. The summed E-state index contributed by atoms with van der Waals surface area (Å²) >= 11 is 0. The Morgan fingerprint density at radius 2 is 2.06 bits per heavy atom. The molecule has 1 heterocycles. The number of amides is 1. The zero-order valence-corrected chi connectivity index (χ0v) is 19.4. The molecule has 0 spiro atoms. The predicted molar refractivity (Wildman–Crippen MR) is 124 cm³/mol. The Morgan fingerprint density at radius 3 is 2.85 bits per heavy atom. The van der Waals surface area contributed by atoms with E-state index in [2.05, 4.69) is 22.4 Å². The number of hydrogen-bond acceptors (Lipinski definition) is 4. The second-order valence-electron chi connectivity index (χ2n) is 10.5. The lowest BCUT2D eigenvalue weighted by molar-refractivity contribution is -0.129. The highest BCUT2D eigenvalue weighted by Gasteiger charge is 2.58. The van der Waals surface area contributed by atoms with Crippen LogP contribution in [-0.4, -0.2) is 21.9 Å². The number of halogens is 1. The summed E-state index contributed by atoms with van der Waals surface area (Å²) in [6.07, 6.45) is 6.53. The normalized spacial score (nSPS) is 30.3. The number of carbonyl (C=O) groups is 2. The lowest BCUT2D eigenvalue weighted by Crippen LogP contribution is -2.44. The minimum absolute atomic E-state index is 0.0598. The molecule has 0 aliphatic heterocycles. The standard InChI is InChI=1S/C27H32FN3O2/c1-16-6-11-24(31-30-16)29-25(33)5-3-4-18-15-23(32)27(2)13-12-21-20-10-8-19(28)14-17(20)7-9-22(21)26(18)27/h6,8,10-11,14,18,21-22,26H,3-5,7,9,12-13,15H2,1-2H3,(H,29,31,33)/t18-,21?,22?,26?,27-/m1/s1. The molecule has 5 atom stereocenters. The second-order valence-corrected chi connectivity index (χ2v) is 10.5. The molecule has 174 valence electrons. The first-order valence-electron chi connectivity index (χ1n) is 12.3. The van der Waals surface area contributed by atoms with Crippen LogP contribution in [0.25, 0.3) is 0 Å². The van der Waals surface area contributed by atoms with Crippen LogP contribution in [0, 0.1) is 35.9 Å². The van der Waals surface area contributed by atoms with E-state index >= 15 is 0 Å². The van der Waals surface area contributed by atoms with Crippen molar-refractivity contribution in [3.05, 3.63) is 53.0 Å². The summed E-state index contributed by atoms with van der Waals surface area (Å²) in [6, 6.07) is 8.85. The molecule has 5 nitrogen and oxygen atoms in total. The minimum Gasteiger partial charge on any atom is -0.309 e. The van der Waals surface area contributed by atoms with Crippen LogP contribution < -0.4 is 5.32 Å². The predicted octanol–water partition coefficient (Wildman–Crippen LogP) is 5.38. The molecule has 0 radical (unpaired) electrons. The Labute approximate surface area is 194 Å². The maximum absolute atomic E-state index is 13.8. The van der Waals surface area contributed by atoms with Crippen molar-refractivity contribution in [3.8, 4) is 0 Å². The van der Waals surface area contributed by atoms with Gasteiger partial charge < -0.3 is 5.32 Å². The number of carbonyl (C=O) groups excluding carboxylic acids is 2. The number of nitrogens with zero attached hydrogens (tertiary/aromatic N) is 2. The zero-order valence-electron chi connectivity index (χ0n) is 19.4. The molecule has 1 aromatic carbocycles. The SMILES string of the molecule is Cc1ccc(NC(=O)CCC[C@@H]2CC(=O)[C@@]3(C)CCC4c5ccc(F)cc5CCC4C23)nn1. The number of aromatic nitrogens is 2. The van der Waals surface area contributed by atoms with E-state index in [0.717, 1.165) is 49.8 Å². The fourth-order valence-corrected chi connectivity index (χ4v) is 7.07. The van der Waals surface area contributed by atoms with Gasteiger partial charge in [-0.15, -0.1) is 5.10 Å². The molecule has 6 heteroatoms. The first-order valence-corrected chi connectivity index (χ1v) is 12.3. The van der Waals surface area contributed by atoms with Gasteiger partial charge in [0, 0.05) is 18.3 Å². The lowest BCUT2D eigenvalue weighted by Gasteiger charge is -2.50. The van der Waals surface area contributed by atoms with E-state index in [1.54, 1.807) is 18.2 Å². The maximum atomic E-state index is 13.8. The fraction of sp³-hybridized carbons (Fsp3) is 0.556. The third kappa shape index (κ3) is 4.09. The zero-order chi connectivity index (χ0) is 23.2. The smallest absolute Gasteiger partial charge is 0.225 e. The Kier molecular flexibility index (Phi) is 5.79. The van der Waals surface area contributed by atoms with Crippen molar-refractivity contribution in [2.24, 2.45) is 23.2 Å². The van der Waals surface area contributed by atoms with E-state index < -0.39 is 0 Å². The van der Waals surface area contributed by atoms with Gasteiger partial charge in [-0.05, 0) is 105 Å². The molecule has 1 amide bonds. The van der Waals surface area contributed by atoms with Gasteiger partial charge >= 0.3 is 0 Å². The summed E-state index contributed by atoms with van der Waals surface area (Å²) in [6.45, 7) is 4.04.